The lowest BCUT2D eigenvalue weighted by atomic mass is 10.0. The number of aryl methyl sites for hydroxylation is 1. The van der Waals surface area contributed by atoms with Gasteiger partial charge < -0.3 is 10.5 Å². The van der Waals surface area contributed by atoms with Gasteiger partial charge in [0.2, 0.25) is 0 Å². The van der Waals surface area contributed by atoms with Gasteiger partial charge >= 0.3 is 5.57 Å². The largest absolute Gasteiger partial charge is 0.487 e. The fourth-order valence-electron chi connectivity index (χ4n) is 2.01. The van der Waals surface area contributed by atoms with Crippen LogP contribution in [0.1, 0.15) is 26.3 Å². The van der Waals surface area contributed by atoms with Gasteiger partial charge in [-0.25, -0.2) is 4.39 Å². The van der Waals surface area contributed by atoms with E-state index in [2.05, 4.69) is 4.74 Å². The number of benzene rings is 2. The first-order valence-corrected chi connectivity index (χ1v) is 6.96. The van der Waals surface area contributed by atoms with Crippen LogP contribution < -0.4 is 10.5 Å². The van der Waals surface area contributed by atoms with Gasteiger partial charge in [0.1, 0.15) is 0 Å². The van der Waals surface area contributed by atoms with Crippen molar-refractivity contribution in [3.8, 4) is 5.75 Å². The third kappa shape index (κ3) is 4.17. The minimum absolute atomic E-state index is 0.261. The van der Waals surface area contributed by atoms with Gasteiger partial charge in [-0.05, 0) is 35.6 Å². The van der Waals surface area contributed by atoms with E-state index in [0.717, 1.165) is 6.07 Å². The van der Waals surface area contributed by atoms with Gasteiger partial charge in [-0.1, -0.05) is 26.8 Å². The lowest BCUT2D eigenvalue weighted by Crippen LogP contribution is -2.17. The molecule has 21 heavy (non-hydrogen) atoms. The molecule has 0 aromatic heterocycles. The van der Waals surface area contributed by atoms with E-state index in [1.807, 2.05) is 20.8 Å². The molecule has 0 saturated heterocycles. The molecule has 6 heteroatoms. The Balaban J connectivity index is 0.00000106. The molecule has 0 saturated carbocycles. The van der Waals surface area contributed by atoms with Crippen LogP contribution in [0.2, 0.25) is 0 Å². The zero-order valence-corrected chi connectivity index (χ0v) is 12.8. The minimum atomic E-state index is -3.97. The zero-order valence-electron chi connectivity index (χ0n) is 12.0. The van der Waals surface area contributed by atoms with Gasteiger partial charge in [-0.15, -0.1) is 8.78 Å². The highest BCUT2D eigenvalue weighted by molar-refractivity contribution is 6.21. The third-order valence-electron chi connectivity index (χ3n) is 2.72. The molecule has 0 heterocycles. The number of hydrogen-bond acceptors (Lipinski definition) is 2. The first-order chi connectivity index (χ1) is 9.81. The fourth-order valence-corrected chi connectivity index (χ4v) is 2.09. The van der Waals surface area contributed by atoms with Crippen LogP contribution >= 0.6 is 11.6 Å². The maximum atomic E-state index is 13.7. The number of rotatable bonds is 3. The van der Waals surface area contributed by atoms with Crippen molar-refractivity contribution in [1.29, 1.82) is 0 Å². The van der Waals surface area contributed by atoms with Crippen molar-refractivity contribution in [1.82, 2.24) is 0 Å². The Bertz CT molecular complexity index is 626. The van der Waals surface area contributed by atoms with Crippen LogP contribution in [-0.2, 0) is 6.42 Å². The van der Waals surface area contributed by atoms with E-state index in [-0.39, 0.29) is 5.39 Å². The Morgan fingerprint density at radius 1 is 1.24 bits per heavy atom. The molecule has 0 unspecified atom stereocenters. The number of anilines is 1. The van der Waals surface area contributed by atoms with Gasteiger partial charge in [-0.3, -0.25) is 0 Å². The number of nitrogens with two attached hydrogens (primary N) is 1. The molecule has 2 N–H and O–H groups in total. The van der Waals surface area contributed by atoms with E-state index in [4.69, 9.17) is 17.3 Å². The summed E-state index contributed by atoms with van der Waals surface area (Å²) in [5.74, 6) is -1.46. The molecule has 0 aliphatic carbocycles. The molecule has 0 aliphatic rings. The zero-order chi connectivity index (χ0) is 16.2. The van der Waals surface area contributed by atoms with Gasteiger partial charge in [0, 0.05) is 22.7 Å². The maximum absolute atomic E-state index is 13.7. The summed E-state index contributed by atoms with van der Waals surface area (Å²) in [6.45, 7) is 5.81. The van der Waals surface area contributed by atoms with Crippen LogP contribution in [0.25, 0.3) is 10.8 Å². The lowest BCUT2D eigenvalue weighted by Gasteiger charge is -2.16. The molecule has 2 rings (SSSR count). The molecule has 0 bridgehead atoms. The lowest BCUT2D eigenvalue weighted by molar-refractivity contribution is -0.0974. The molecule has 116 valence electrons. The smallest absolute Gasteiger partial charge is 0.416 e. The Kier molecular flexibility index (Phi) is 5.72. The summed E-state index contributed by atoms with van der Waals surface area (Å²) < 4.78 is 43.5. The van der Waals surface area contributed by atoms with Crippen LogP contribution in [0.5, 0.6) is 5.75 Å². The second-order valence-electron chi connectivity index (χ2n) is 4.06. The fraction of sp³-hybridized carbons (Fsp3) is 0.333. The monoisotopic (exact) mass is 319 g/mol. The Morgan fingerprint density at radius 2 is 1.86 bits per heavy atom. The third-order valence-corrected chi connectivity index (χ3v) is 2.80. The second-order valence-corrected chi connectivity index (χ2v) is 4.50. The normalized spacial score (nSPS) is 11.0. The highest BCUT2D eigenvalue weighted by Crippen LogP contribution is 2.37. The maximum Gasteiger partial charge on any atom is 0.487 e. The van der Waals surface area contributed by atoms with Crippen molar-refractivity contribution < 1.29 is 17.9 Å². The van der Waals surface area contributed by atoms with Crippen molar-refractivity contribution in [2.45, 2.75) is 32.8 Å². The average molecular weight is 320 g/mol. The van der Waals surface area contributed by atoms with Gasteiger partial charge in [-0.2, -0.15) is 0 Å². The van der Waals surface area contributed by atoms with Crippen LogP contribution in [0.4, 0.5) is 18.9 Å². The molecule has 0 radical (unpaired) electrons. The van der Waals surface area contributed by atoms with E-state index in [1.54, 1.807) is 12.1 Å². The SMILES string of the molecule is CC.CCc1cc(N)cc2ccc(F)c(OC(F)(F)Cl)c12. The molecule has 0 spiro atoms. The van der Waals surface area contributed by atoms with Gasteiger partial charge in [0.15, 0.2) is 11.6 Å². The number of fused-ring (bicyclic) bond motifs is 1. The molecule has 2 aromatic rings. The van der Waals surface area contributed by atoms with E-state index in [9.17, 15) is 13.2 Å². The Hall–Kier alpha value is -1.62. The van der Waals surface area contributed by atoms with E-state index in [1.165, 1.54) is 6.07 Å². The summed E-state index contributed by atoms with van der Waals surface area (Å²) in [7, 11) is 0. The minimum Gasteiger partial charge on any atom is -0.416 e. The van der Waals surface area contributed by atoms with Crippen LogP contribution in [0.15, 0.2) is 24.3 Å². The van der Waals surface area contributed by atoms with Crippen molar-refractivity contribution in [2.24, 2.45) is 0 Å². The van der Waals surface area contributed by atoms with Gasteiger partial charge in [0.05, 0.1) is 0 Å². The Morgan fingerprint density at radius 3 is 2.38 bits per heavy atom. The predicted molar refractivity (Wildman–Crippen MR) is 80.5 cm³/mol. The van der Waals surface area contributed by atoms with Crippen molar-refractivity contribution >= 4 is 28.1 Å². The number of ether oxygens (including phenoxy) is 1. The quantitative estimate of drug-likeness (QED) is 0.614. The Labute approximate surface area is 126 Å². The summed E-state index contributed by atoms with van der Waals surface area (Å²) in [6, 6.07) is 5.66. The van der Waals surface area contributed by atoms with E-state index in [0.29, 0.717) is 23.1 Å². The van der Waals surface area contributed by atoms with Crippen molar-refractivity contribution in [2.75, 3.05) is 5.73 Å². The number of hydrogen-bond donors (Lipinski definition) is 1. The summed E-state index contributed by atoms with van der Waals surface area (Å²) in [5.41, 5.74) is 2.82. The van der Waals surface area contributed by atoms with Gasteiger partial charge in [0.25, 0.3) is 0 Å². The van der Waals surface area contributed by atoms with Crippen LogP contribution in [0.3, 0.4) is 0 Å². The highest BCUT2D eigenvalue weighted by atomic mass is 35.5. The van der Waals surface area contributed by atoms with Crippen molar-refractivity contribution in [3.63, 3.8) is 0 Å². The first kappa shape index (κ1) is 17.4. The standard InChI is InChI=1S/C13H11ClF3NO.C2H6/c1-2-7-5-9(18)6-8-3-4-10(15)12(11(7)8)19-13(14,16)17;1-2/h3-6H,2,18H2,1H3;1-2H3. The first-order valence-electron chi connectivity index (χ1n) is 6.58. The van der Waals surface area contributed by atoms with E-state index >= 15 is 0 Å². The molecule has 0 fully saturated rings. The molecule has 2 aromatic carbocycles. The molecular formula is C15H17ClF3NO. The number of nitrogen functional groups attached to an aromatic ring is 1. The predicted octanol–water partition coefficient (Wildman–Crippen LogP) is 5.32. The molecule has 2 nitrogen and oxygen atoms in total. The molecular weight excluding hydrogens is 303 g/mol. The topological polar surface area (TPSA) is 35.2 Å². The molecule has 0 atom stereocenters. The molecule has 0 amide bonds. The van der Waals surface area contributed by atoms with Crippen LogP contribution in [0, 0.1) is 5.82 Å². The van der Waals surface area contributed by atoms with E-state index < -0.39 is 17.1 Å². The summed E-state index contributed by atoms with van der Waals surface area (Å²) >= 11 is 4.72. The van der Waals surface area contributed by atoms with Crippen LogP contribution in [-0.4, -0.2) is 5.57 Å². The average Bonchev–Trinajstić information content (AvgIpc) is 2.42. The summed E-state index contributed by atoms with van der Waals surface area (Å²) in [6.07, 6.45) is 0.495. The van der Waals surface area contributed by atoms with Crippen molar-refractivity contribution in [3.05, 3.63) is 35.6 Å². The second kappa shape index (κ2) is 6.89. The number of alkyl halides is 3. The number of halogens is 4. The summed E-state index contributed by atoms with van der Waals surface area (Å²) in [4.78, 5) is 0. The summed E-state index contributed by atoms with van der Waals surface area (Å²) in [5, 5.41) is 0.784. The highest BCUT2D eigenvalue weighted by Gasteiger charge is 2.30. The molecule has 0 aliphatic heterocycles.